The van der Waals surface area contributed by atoms with Crippen LogP contribution >= 0.6 is 0 Å². The first kappa shape index (κ1) is 14.1. The van der Waals surface area contributed by atoms with Gasteiger partial charge in [0.05, 0.1) is 0 Å². The summed E-state index contributed by atoms with van der Waals surface area (Å²) in [6.07, 6.45) is 9.11. The molecule has 1 nitrogen and oxygen atoms in total. The van der Waals surface area contributed by atoms with Crippen LogP contribution in [0.1, 0.15) is 30.4 Å². The monoisotopic (exact) mass is 255 g/mol. The molecule has 1 saturated heterocycles. The molecule has 1 aromatic rings. The van der Waals surface area contributed by atoms with Gasteiger partial charge in [-0.05, 0) is 55.8 Å². The van der Waals surface area contributed by atoms with Crippen LogP contribution in [0.25, 0.3) is 6.08 Å². The fraction of sp³-hybridized carbons (Fsp3) is 0.444. The van der Waals surface area contributed by atoms with E-state index in [1.54, 1.807) is 0 Å². The minimum absolute atomic E-state index is 0.703. The third-order valence-corrected chi connectivity index (χ3v) is 4.07. The van der Waals surface area contributed by atoms with Crippen molar-refractivity contribution in [3.63, 3.8) is 0 Å². The Morgan fingerprint density at radius 2 is 2.11 bits per heavy atom. The smallest absolute Gasteiger partial charge is 0.00442 e. The van der Waals surface area contributed by atoms with Crippen molar-refractivity contribution in [1.82, 2.24) is 4.90 Å². The molecule has 0 saturated carbocycles. The van der Waals surface area contributed by atoms with Gasteiger partial charge in [0.15, 0.2) is 0 Å². The van der Waals surface area contributed by atoms with Crippen molar-refractivity contribution in [2.75, 3.05) is 19.6 Å². The van der Waals surface area contributed by atoms with Crippen molar-refractivity contribution in [1.29, 1.82) is 0 Å². The van der Waals surface area contributed by atoms with Crippen LogP contribution in [0.4, 0.5) is 0 Å². The summed E-state index contributed by atoms with van der Waals surface area (Å²) in [6, 6.07) is 8.58. The van der Waals surface area contributed by atoms with E-state index >= 15 is 0 Å². The Labute approximate surface area is 117 Å². The molecule has 0 aromatic heterocycles. The Balaban J connectivity index is 1.80. The molecule has 0 spiro atoms. The number of rotatable bonds is 6. The highest BCUT2D eigenvalue weighted by Crippen LogP contribution is 2.18. The molecule has 0 bridgehead atoms. The number of hydrogen-bond acceptors (Lipinski definition) is 1. The lowest BCUT2D eigenvalue weighted by molar-refractivity contribution is 0.195. The summed E-state index contributed by atoms with van der Waals surface area (Å²) in [7, 11) is 0. The molecule has 1 unspecified atom stereocenters. The molecule has 19 heavy (non-hydrogen) atoms. The second kappa shape index (κ2) is 7.30. The molecule has 0 amide bonds. The second-order valence-corrected chi connectivity index (χ2v) is 5.45. The van der Waals surface area contributed by atoms with Crippen LogP contribution in [0.5, 0.6) is 0 Å². The number of nitrogens with zero attached hydrogens (tertiary/aromatic N) is 1. The summed E-state index contributed by atoms with van der Waals surface area (Å²) in [5.74, 6) is 0.703. The Bertz CT molecular complexity index is 421. The molecule has 1 aromatic carbocycles. The van der Waals surface area contributed by atoms with E-state index in [2.05, 4.69) is 48.4 Å². The van der Waals surface area contributed by atoms with Gasteiger partial charge in [0, 0.05) is 6.54 Å². The van der Waals surface area contributed by atoms with Crippen molar-refractivity contribution in [3.05, 3.63) is 54.6 Å². The lowest BCUT2D eigenvalue weighted by Crippen LogP contribution is -2.35. The fourth-order valence-electron chi connectivity index (χ4n) is 2.94. The molecule has 1 aliphatic heterocycles. The Morgan fingerprint density at radius 3 is 2.89 bits per heavy atom. The minimum Gasteiger partial charge on any atom is -0.303 e. The molecule has 1 heteroatoms. The molecule has 102 valence electrons. The van der Waals surface area contributed by atoms with Crippen molar-refractivity contribution in [3.8, 4) is 0 Å². The molecule has 0 radical (unpaired) electrons. The van der Waals surface area contributed by atoms with Crippen LogP contribution in [0.3, 0.4) is 0 Å². The second-order valence-electron chi connectivity index (χ2n) is 5.45. The van der Waals surface area contributed by atoms with Gasteiger partial charge in [-0.15, -0.1) is 6.58 Å². The molecular formula is C18H25N. The topological polar surface area (TPSA) is 3.24 Å². The molecule has 0 N–H and O–H groups in total. The van der Waals surface area contributed by atoms with Crippen molar-refractivity contribution >= 4 is 6.08 Å². The van der Waals surface area contributed by atoms with Crippen LogP contribution in [-0.4, -0.2) is 24.5 Å². The zero-order valence-electron chi connectivity index (χ0n) is 11.9. The maximum absolute atomic E-state index is 3.93. The van der Waals surface area contributed by atoms with Crippen LogP contribution < -0.4 is 0 Å². The summed E-state index contributed by atoms with van der Waals surface area (Å²) >= 11 is 0. The average molecular weight is 255 g/mol. The van der Waals surface area contributed by atoms with Gasteiger partial charge in [-0.25, -0.2) is 0 Å². The van der Waals surface area contributed by atoms with Gasteiger partial charge in [0.25, 0.3) is 0 Å². The highest BCUT2D eigenvalue weighted by Gasteiger charge is 2.16. The van der Waals surface area contributed by atoms with Gasteiger partial charge in [-0.3, -0.25) is 0 Å². The number of hydrogen-bond donors (Lipinski definition) is 0. The van der Waals surface area contributed by atoms with Gasteiger partial charge < -0.3 is 4.90 Å². The Morgan fingerprint density at radius 1 is 1.26 bits per heavy atom. The molecule has 2 rings (SSSR count). The molecule has 1 aliphatic rings. The van der Waals surface area contributed by atoms with E-state index in [0.29, 0.717) is 5.92 Å². The van der Waals surface area contributed by atoms with E-state index in [9.17, 15) is 0 Å². The van der Waals surface area contributed by atoms with Crippen LogP contribution in [0, 0.1) is 5.92 Å². The Kier molecular flexibility index (Phi) is 5.41. The van der Waals surface area contributed by atoms with Gasteiger partial charge in [0.2, 0.25) is 0 Å². The lowest BCUT2D eigenvalue weighted by atomic mass is 9.97. The first-order valence-electron chi connectivity index (χ1n) is 7.38. The number of benzene rings is 1. The largest absolute Gasteiger partial charge is 0.303 e. The van der Waals surface area contributed by atoms with Crippen molar-refractivity contribution < 1.29 is 0 Å². The van der Waals surface area contributed by atoms with Crippen molar-refractivity contribution in [2.24, 2.45) is 5.92 Å². The summed E-state index contributed by atoms with van der Waals surface area (Å²) in [5, 5.41) is 0. The highest BCUT2D eigenvalue weighted by atomic mass is 15.1. The fourth-order valence-corrected chi connectivity index (χ4v) is 2.94. The van der Waals surface area contributed by atoms with Gasteiger partial charge >= 0.3 is 0 Å². The standard InChI is InChI=1S/C18H25N/c1-3-16-9-7-13-19(15-16)14-8-12-18-11-6-5-10-17(18)4-2/h3-6,10-11,16H,1-2,7-9,12-15H2. The predicted octanol–water partition coefficient (Wildman–Crippen LogP) is 4.16. The molecule has 1 heterocycles. The minimum atomic E-state index is 0.703. The molecule has 0 aliphatic carbocycles. The first-order valence-corrected chi connectivity index (χ1v) is 7.38. The summed E-state index contributed by atoms with van der Waals surface area (Å²) < 4.78 is 0. The Hall–Kier alpha value is -1.34. The zero-order chi connectivity index (χ0) is 13.5. The maximum atomic E-state index is 3.93. The SMILES string of the molecule is C=Cc1ccccc1CCCN1CCCC(C=C)C1. The average Bonchev–Trinajstić information content (AvgIpc) is 2.48. The van der Waals surface area contributed by atoms with Crippen LogP contribution in [0.15, 0.2) is 43.5 Å². The summed E-state index contributed by atoms with van der Waals surface area (Å²) in [4.78, 5) is 2.59. The van der Waals surface area contributed by atoms with Crippen molar-refractivity contribution in [2.45, 2.75) is 25.7 Å². The number of piperidine rings is 1. The normalized spacial score (nSPS) is 20.1. The summed E-state index contributed by atoms with van der Waals surface area (Å²) in [6.45, 7) is 11.5. The van der Waals surface area contributed by atoms with E-state index in [1.165, 1.54) is 50.0 Å². The third-order valence-electron chi connectivity index (χ3n) is 4.07. The van der Waals surface area contributed by atoms with E-state index < -0.39 is 0 Å². The quantitative estimate of drug-likeness (QED) is 0.690. The van der Waals surface area contributed by atoms with E-state index in [0.717, 1.165) is 6.42 Å². The molecule has 1 fully saturated rings. The van der Waals surface area contributed by atoms with Crippen LogP contribution in [-0.2, 0) is 6.42 Å². The number of aryl methyl sites for hydroxylation is 1. The predicted molar refractivity (Wildman–Crippen MR) is 84.2 cm³/mol. The number of likely N-dealkylation sites (tertiary alicyclic amines) is 1. The molecular weight excluding hydrogens is 230 g/mol. The maximum Gasteiger partial charge on any atom is 0.00442 e. The lowest BCUT2D eigenvalue weighted by Gasteiger charge is -2.31. The molecule has 1 atom stereocenters. The zero-order valence-corrected chi connectivity index (χ0v) is 11.9. The first-order chi connectivity index (χ1) is 9.33. The van der Waals surface area contributed by atoms with E-state index in [-0.39, 0.29) is 0 Å². The van der Waals surface area contributed by atoms with Gasteiger partial charge in [0.1, 0.15) is 0 Å². The van der Waals surface area contributed by atoms with E-state index in [1.807, 2.05) is 6.08 Å². The third kappa shape index (κ3) is 4.07. The van der Waals surface area contributed by atoms with Gasteiger partial charge in [-0.2, -0.15) is 0 Å². The van der Waals surface area contributed by atoms with E-state index in [4.69, 9.17) is 0 Å². The highest BCUT2D eigenvalue weighted by molar-refractivity contribution is 5.51. The van der Waals surface area contributed by atoms with Gasteiger partial charge in [-0.1, -0.05) is 43.0 Å². The van der Waals surface area contributed by atoms with Crippen LogP contribution in [0.2, 0.25) is 0 Å². The summed E-state index contributed by atoms with van der Waals surface area (Å²) in [5.41, 5.74) is 2.71.